The van der Waals surface area contributed by atoms with Gasteiger partial charge in [-0.2, -0.15) is 4.98 Å². The lowest BCUT2D eigenvalue weighted by Gasteiger charge is -2.27. The van der Waals surface area contributed by atoms with Gasteiger partial charge in [0.15, 0.2) is 5.82 Å². The molecule has 0 saturated heterocycles. The molecule has 0 spiro atoms. The minimum atomic E-state index is -0.000348. The molecule has 0 fully saturated rings. The molecular weight excluding hydrogens is 322 g/mol. The first-order valence-corrected chi connectivity index (χ1v) is 8.91. The molecule has 6 nitrogen and oxygen atoms in total. The molecule has 1 aliphatic heterocycles. The van der Waals surface area contributed by atoms with Crippen LogP contribution in [0, 0.1) is 0 Å². The molecule has 24 heavy (non-hydrogen) atoms. The lowest BCUT2D eigenvalue weighted by molar-refractivity contribution is 0.190. The Morgan fingerprint density at radius 3 is 2.83 bits per heavy atom. The Hall–Kier alpha value is -2.41. The molecule has 0 bridgehead atoms. The third-order valence-electron chi connectivity index (χ3n) is 4.05. The number of hydrogen-bond donors (Lipinski definition) is 1. The van der Waals surface area contributed by atoms with Crippen LogP contribution in [-0.4, -0.2) is 38.1 Å². The zero-order valence-corrected chi connectivity index (χ0v) is 14.5. The summed E-state index contributed by atoms with van der Waals surface area (Å²) in [5.74, 6) is 0.754. The van der Waals surface area contributed by atoms with Gasteiger partial charge in [0.2, 0.25) is 4.96 Å². The van der Waals surface area contributed by atoms with E-state index in [1.807, 2.05) is 53.6 Å². The molecule has 124 valence electrons. The van der Waals surface area contributed by atoms with E-state index in [9.17, 15) is 4.79 Å². The van der Waals surface area contributed by atoms with E-state index in [1.54, 1.807) is 11.3 Å². The van der Waals surface area contributed by atoms with Crippen LogP contribution in [0.25, 0.3) is 16.3 Å². The van der Waals surface area contributed by atoms with Gasteiger partial charge in [-0.15, -0.1) is 5.10 Å². The van der Waals surface area contributed by atoms with Crippen LogP contribution in [-0.2, 0) is 13.0 Å². The fourth-order valence-electron chi connectivity index (χ4n) is 2.91. The predicted molar refractivity (Wildman–Crippen MR) is 94.1 cm³/mol. The summed E-state index contributed by atoms with van der Waals surface area (Å²) in [6.07, 6.45) is 0.804. The molecule has 1 aliphatic rings. The minimum absolute atomic E-state index is 0.000348. The molecule has 0 aliphatic carbocycles. The van der Waals surface area contributed by atoms with Crippen LogP contribution in [0.4, 0.5) is 4.79 Å². The number of amides is 2. The topological polar surface area (TPSA) is 62.5 Å². The van der Waals surface area contributed by atoms with E-state index >= 15 is 0 Å². The summed E-state index contributed by atoms with van der Waals surface area (Å²) in [6.45, 7) is 5.28. The van der Waals surface area contributed by atoms with Gasteiger partial charge in [-0.1, -0.05) is 41.7 Å². The molecule has 0 unspecified atom stereocenters. The highest BCUT2D eigenvalue weighted by atomic mass is 32.1. The van der Waals surface area contributed by atoms with Crippen molar-refractivity contribution < 1.29 is 4.79 Å². The number of aromatic nitrogens is 3. The Kier molecular flexibility index (Phi) is 3.72. The average Bonchev–Trinajstić information content (AvgIpc) is 3.12. The largest absolute Gasteiger partial charge is 0.336 e. The van der Waals surface area contributed by atoms with Crippen molar-refractivity contribution >= 4 is 22.3 Å². The predicted octanol–water partition coefficient (Wildman–Crippen LogP) is 2.93. The first kappa shape index (κ1) is 15.1. The van der Waals surface area contributed by atoms with Gasteiger partial charge in [0.05, 0.1) is 12.2 Å². The number of hydrogen-bond acceptors (Lipinski definition) is 4. The molecule has 0 atom stereocenters. The van der Waals surface area contributed by atoms with Gasteiger partial charge in [0.25, 0.3) is 0 Å². The van der Waals surface area contributed by atoms with Crippen LogP contribution in [0.15, 0.2) is 30.3 Å². The number of thiazole rings is 1. The zero-order valence-electron chi connectivity index (χ0n) is 13.7. The summed E-state index contributed by atoms with van der Waals surface area (Å²) in [5, 5.41) is 7.63. The summed E-state index contributed by atoms with van der Waals surface area (Å²) in [6, 6.07) is 10.2. The standard InChI is InChI=1S/C17H19N5OS/c1-11(2)18-16(23)21-9-8-13-14(10-21)24-17-19-15(20-22(13)17)12-6-4-3-5-7-12/h3-7,11H,8-10H2,1-2H3,(H,18,23). The van der Waals surface area contributed by atoms with Crippen molar-refractivity contribution in [1.82, 2.24) is 24.8 Å². The monoisotopic (exact) mass is 341 g/mol. The Morgan fingerprint density at radius 2 is 2.08 bits per heavy atom. The van der Waals surface area contributed by atoms with Gasteiger partial charge in [-0.05, 0) is 13.8 Å². The summed E-state index contributed by atoms with van der Waals surface area (Å²) in [5.41, 5.74) is 2.20. The van der Waals surface area contributed by atoms with Crippen molar-refractivity contribution in [1.29, 1.82) is 0 Å². The van der Waals surface area contributed by atoms with Gasteiger partial charge in [-0.3, -0.25) is 0 Å². The number of urea groups is 1. The van der Waals surface area contributed by atoms with Crippen LogP contribution in [0.1, 0.15) is 24.4 Å². The minimum Gasteiger partial charge on any atom is -0.336 e. The first-order valence-electron chi connectivity index (χ1n) is 8.10. The van der Waals surface area contributed by atoms with E-state index in [1.165, 1.54) is 10.6 Å². The maximum absolute atomic E-state index is 12.2. The Balaban J connectivity index is 1.62. The third kappa shape index (κ3) is 2.65. The van der Waals surface area contributed by atoms with Crippen LogP contribution >= 0.6 is 11.3 Å². The summed E-state index contributed by atoms with van der Waals surface area (Å²) < 4.78 is 1.94. The Bertz CT molecular complexity index is 883. The molecule has 0 radical (unpaired) electrons. The van der Waals surface area contributed by atoms with Crippen molar-refractivity contribution in [2.24, 2.45) is 0 Å². The normalized spacial score (nSPS) is 14.2. The van der Waals surface area contributed by atoms with E-state index < -0.39 is 0 Å². The van der Waals surface area contributed by atoms with E-state index in [0.717, 1.165) is 22.8 Å². The van der Waals surface area contributed by atoms with Crippen LogP contribution in [0.3, 0.4) is 0 Å². The van der Waals surface area contributed by atoms with Crippen LogP contribution in [0.2, 0.25) is 0 Å². The molecule has 4 rings (SSSR count). The van der Waals surface area contributed by atoms with Crippen molar-refractivity contribution in [3.8, 4) is 11.4 Å². The van der Waals surface area contributed by atoms with Gasteiger partial charge >= 0.3 is 6.03 Å². The maximum atomic E-state index is 12.2. The van der Waals surface area contributed by atoms with Gasteiger partial charge in [0.1, 0.15) is 0 Å². The molecule has 7 heteroatoms. The van der Waals surface area contributed by atoms with E-state index in [-0.39, 0.29) is 12.1 Å². The lowest BCUT2D eigenvalue weighted by atomic mass is 10.2. The highest BCUT2D eigenvalue weighted by Crippen LogP contribution is 2.29. The third-order valence-corrected chi connectivity index (χ3v) is 5.11. The van der Waals surface area contributed by atoms with Gasteiger partial charge in [0, 0.05) is 29.4 Å². The smallest absolute Gasteiger partial charge is 0.317 e. The highest BCUT2D eigenvalue weighted by Gasteiger charge is 2.26. The molecule has 1 aromatic carbocycles. The summed E-state index contributed by atoms with van der Waals surface area (Å²) >= 11 is 1.62. The Labute approximate surface area is 144 Å². The second-order valence-electron chi connectivity index (χ2n) is 6.24. The number of fused-ring (bicyclic) bond motifs is 3. The number of carbonyl (C=O) groups is 1. The molecule has 3 aromatic rings. The maximum Gasteiger partial charge on any atom is 0.317 e. The first-order chi connectivity index (χ1) is 11.6. The van der Waals surface area contributed by atoms with Crippen LogP contribution < -0.4 is 5.32 Å². The summed E-state index contributed by atoms with van der Waals surface area (Å²) in [7, 11) is 0. The highest BCUT2D eigenvalue weighted by molar-refractivity contribution is 7.17. The fraction of sp³-hybridized carbons (Fsp3) is 0.353. The van der Waals surface area contributed by atoms with E-state index in [4.69, 9.17) is 0 Å². The average molecular weight is 341 g/mol. The van der Waals surface area contributed by atoms with E-state index in [0.29, 0.717) is 13.1 Å². The molecule has 0 saturated carbocycles. The molecule has 1 N–H and O–H groups in total. The van der Waals surface area contributed by atoms with Crippen molar-refractivity contribution in [3.05, 3.63) is 40.9 Å². The van der Waals surface area contributed by atoms with E-state index in [2.05, 4.69) is 15.4 Å². The second kappa shape index (κ2) is 5.90. The van der Waals surface area contributed by atoms with Crippen molar-refractivity contribution in [2.75, 3.05) is 6.54 Å². The number of carbonyl (C=O) groups excluding carboxylic acids is 1. The number of nitrogens with one attached hydrogen (secondary N) is 1. The molecule has 2 amide bonds. The molecular formula is C17H19N5OS. The number of benzene rings is 1. The van der Waals surface area contributed by atoms with Crippen LogP contribution in [0.5, 0.6) is 0 Å². The SMILES string of the molecule is CC(C)NC(=O)N1CCc2c(sc3nc(-c4ccccc4)nn23)C1. The number of rotatable bonds is 2. The van der Waals surface area contributed by atoms with Gasteiger partial charge < -0.3 is 10.2 Å². The van der Waals surface area contributed by atoms with Crippen molar-refractivity contribution in [3.63, 3.8) is 0 Å². The molecule has 3 heterocycles. The lowest BCUT2D eigenvalue weighted by Crippen LogP contribution is -2.45. The zero-order chi connectivity index (χ0) is 16.7. The molecule has 2 aromatic heterocycles. The fourth-order valence-corrected chi connectivity index (χ4v) is 4.03. The summed E-state index contributed by atoms with van der Waals surface area (Å²) in [4.78, 5) is 20.8. The quantitative estimate of drug-likeness (QED) is 0.779. The van der Waals surface area contributed by atoms with Crippen molar-refractivity contribution in [2.45, 2.75) is 32.9 Å². The Morgan fingerprint density at radius 1 is 1.29 bits per heavy atom. The van der Waals surface area contributed by atoms with Gasteiger partial charge in [-0.25, -0.2) is 9.31 Å². The second-order valence-corrected chi connectivity index (χ2v) is 7.31. The number of nitrogens with zero attached hydrogens (tertiary/aromatic N) is 4.